The second kappa shape index (κ2) is 23.8. The van der Waals surface area contributed by atoms with E-state index in [2.05, 4.69) is 13.8 Å². The largest absolute Gasteiger partial charge is 1.00 e. The first-order valence-corrected chi connectivity index (χ1v) is 21.5. The zero-order chi connectivity index (χ0) is 43.5. The molecule has 340 valence electrons. The molecule has 0 aliphatic carbocycles. The lowest BCUT2D eigenvalue weighted by atomic mass is 10.1. The van der Waals surface area contributed by atoms with Crippen LogP contribution in [0.25, 0.3) is 0 Å². The van der Waals surface area contributed by atoms with Crippen LogP contribution < -0.4 is 56.5 Å². The molecule has 0 fully saturated rings. The Morgan fingerprint density at radius 3 is 1.13 bits per heavy atom. The minimum atomic E-state index is -0.357. The molecule has 0 saturated carbocycles. The van der Waals surface area contributed by atoms with E-state index in [1.165, 1.54) is 33.4 Å². The standard InChI is InChI=1S/C44H62N8O8.2BrH/c1-5-51(33-37-19-7-9-21-39(37)49(57)58)27-15-11-23-45-35(3)31-41(53)47(43(45)55)25-13-17-29-52(6-2,34-38-20-8-10-22-40(38)50(59)60)30-18-14-26-48-42(54)32-36(4)46(44(48)56)24-12-16-28-51;;/h7-10,19-22,31-32H,5-6,11-18,23-30,33-34H2,1-4H3;2*1H/q+2;;/p-2. The number of aryl methyl sites for hydroxylation is 2. The van der Waals surface area contributed by atoms with Gasteiger partial charge < -0.3 is 42.9 Å². The number of rotatable bonds is 8. The third-order valence-electron chi connectivity index (χ3n) is 12.8. The van der Waals surface area contributed by atoms with Crippen LogP contribution in [-0.4, -0.2) is 76.3 Å². The average molecular weight is 991 g/mol. The molecular formula is C44H62Br2N8O8. The van der Waals surface area contributed by atoms with E-state index in [9.17, 15) is 39.4 Å². The van der Waals surface area contributed by atoms with Crippen molar-refractivity contribution in [2.45, 2.75) is 118 Å². The van der Waals surface area contributed by atoms with Crippen LogP contribution in [0.15, 0.2) is 79.8 Å². The highest BCUT2D eigenvalue weighted by Crippen LogP contribution is 2.27. The van der Waals surface area contributed by atoms with E-state index in [-0.39, 0.29) is 90.8 Å². The van der Waals surface area contributed by atoms with Crippen LogP contribution in [-0.2, 0) is 39.3 Å². The summed E-state index contributed by atoms with van der Waals surface area (Å²) < 4.78 is 7.07. The Balaban J connectivity index is 0.00000512. The number of halogens is 2. The monoisotopic (exact) mass is 988 g/mol. The van der Waals surface area contributed by atoms with Crippen LogP contribution in [0.4, 0.5) is 11.4 Å². The number of nitro groups is 2. The van der Waals surface area contributed by atoms with Gasteiger partial charge in [0, 0.05) is 61.8 Å². The summed E-state index contributed by atoms with van der Waals surface area (Å²) in [5.74, 6) is 0. The first kappa shape index (κ1) is 51.8. The molecule has 0 radical (unpaired) electrons. The van der Waals surface area contributed by atoms with Gasteiger partial charge in [0.1, 0.15) is 13.1 Å². The van der Waals surface area contributed by atoms with Crippen molar-refractivity contribution in [2.24, 2.45) is 0 Å². The zero-order valence-corrected chi connectivity index (χ0v) is 39.7. The molecular weight excluding hydrogens is 928 g/mol. The molecule has 4 bridgehead atoms. The summed E-state index contributed by atoms with van der Waals surface area (Å²) in [7, 11) is 0. The van der Waals surface area contributed by atoms with Gasteiger partial charge in [0.15, 0.2) is 0 Å². The Hall–Kier alpha value is -4.52. The van der Waals surface area contributed by atoms with Gasteiger partial charge in [-0.05, 0) is 91.2 Å². The highest BCUT2D eigenvalue weighted by molar-refractivity contribution is 5.40. The quantitative estimate of drug-likeness (QED) is 0.131. The van der Waals surface area contributed by atoms with Crippen molar-refractivity contribution in [3.8, 4) is 0 Å². The number of benzene rings is 2. The first-order chi connectivity index (χ1) is 28.7. The van der Waals surface area contributed by atoms with E-state index < -0.39 is 0 Å². The predicted molar refractivity (Wildman–Crippen MR) is 231 cm³/mol. The van der Waals surface area contributed by atoms with Crippen molar-refractivity contribution < 1.29 is 52.8 Å². The Kier molecular flexibility index (Phi) is 19.9. The molecule has 0 atom stereocenters. The minimum absolute atomic E-state index is 0. The number of nitrogens with zero attached hydrogens (tertiary/aromatic N) is 8. The van der Waals surface area contributed by atoms with E-state index in [0.29, 0.717) is 129 Å². The van der Waals surface area contributed by atoms with Gasteiger partial charge in [0.25, 0.3) is 22.5 Å². The number of nitro benzene ring substituents is 2. The Labute approximate surface area is 383 Å². The number of para-hydroxylation sites is 2. The number of aromatic nitrogens is 4. The molecule has 5 rings (SSSR count). The second-order valence-corrected chi connectivity index (χ2v) is 16.5. The van der Waals surface area contributed by atoms with Crippen LogP contribution in [0.5, 0.6) is 0 Å². The summed E-state index contributed by atoms with van der Waals surface area (Å²) >= 11 is 0. The fraction of sp³-hybridized carbons (Fsp3) is 0.545. The molecule has 1 aliphatic rings. The highest BCUT2D eigenvalue weighted by Gasteiger charge is 2.31. The maximum absolute atomic E-state index is 13.9. The fourth-order valence-electron chi connectivity index (χ4n) is 9.04. The minimum Gasteiger partial charge on any atom is -1.00 e. The van der Waals surface area contributed by atoms with Crippen LogP contribution in [0.2, 0.25) is 0 Å². The second-order valence-electron chi connectivity index (χ2n) is 16.5. The van der Waals surface area contributed by atoms with Gasteiger partial charge in [-0.25, -0.2) is 9.59 Å². The Bertz CT molecular complexity index is 2290. The van der Waals surface area contributed by atoms with E-state index in [1.54, 1.807) is 47.2 Å². The van der Waals surface area contributed by atoms with E-state index in [1.807, 2.05) is 12.1 Å². The Morgan fingerprint density at radius 2 is 0.823 bits per heavy atom. The number of hydrogen-bond acceptors (Lipinski definition) is 8. The van der Waals surface area contributed by atoms with Gasteiger partial charge in [-0.15, -0.1) is 0 Å². The van der Waals surface area contributed by atoms with E-state index in [4.69, 9.17) is 0 Å². The van der Waals surface area contributed by atoms with Gasteiger partial charge in [0.05, 0.1) is 60.2 Å². The first-order valence-electron chi connectivity index (χ1n) is 21.5. The Morgan fingerprint density at radius 1 is 0.516 bits per heavy atom. The molecule has 16 nitrogen and oxygen atoms in total. The summed E-state index contributed by atoms with van der Waals surface area (Å²) in [5, 5.41) is 24.0. The van der Waals surface area contributed by atoms with Crippen LogP contribution in [0.3, 0.4) is 0 Å². The van der Waals surface area contributed by atoms with Crippen molar-refractivity contribution >= 4 is 11.4 Å². The topological polar surface area (TPSA) is 174 Å². The van der Waals surface area contributed by atoms with Gasteiger partial charge in [-0.2, -0.15) is 0 Å². The molecule has 2 aromatic carbocycles. The molecule has 0 unspecified atom stereocenters. The molecule has 4 aromatic rings. The number of quaternary nitrogens is 2. The molecule has 1 aliphatic heterocycles. The molecule has 3 heterocycles. The van der Waals surface area contributed by atoms with Gasteiger partial charge >= 0.3 is 11.4 Å². The maximum Gasteiger partial charge on any atom is 0.331 e. The number of fused-ring (bicyclic) bond motifs is 4. The van der Waals surface area contributed by atoms with Gasteiger partial charge in [-0.1, -0.05) is 24.3 Å². The highest BCUT2D eigenvalue weighted by atomic mass is 79.9. The summed E-state index contributed by atoms with van der Waals surface area (Å²) in [6, 6.07) is 16.6. The molecule has 2 aromatic heterocycles. The lowest BCUT2D eigenvalue weighted by Gasteiger charge is -2.38. The van der Waals surface area contributed by atoms with Crippen molar-refractivity contribution in [1.82, 2.24) is 18.3 Å². The van der Waals surface area contributed by atoms with Crippen LogP contribution in [0, 0.1) is 34.1 Å². The normalized spacial score (nSPS) is 19.5. The van der Waals surface area contributed by atoms with Crippen molar-refractivity contribution in [2.75, 3.05) is 39.3 Å². The average Bonchev–Trinajstić information content (AvgIpc) is 3.21. The molecule has 18 heteroatoms. The SMILES string of the molecule is CC[N+]1(Cc2ccccc2[N+](=O)[O-])CCCCn2c(C)cc(=O)n(c2=O)CCCC[N+](CC)(Cc2ccccc2[N+](=O)[O-])CCCCn2c(=O)cc(C)n(c2=O)CCCC1.[Br-].[Br-]. The van der Waals surface area contributed by atoms with E-state index >= 15 is 0 Å². The molecule has 62 heavy (non-hydrogen) atoms. The molecule has 0 spiro atoms. The van der Waals surface area contributed by atoms with Gasteiger partial charge in [-0.3, -0.25) is 48.1 Å². The summed E-state index contributed by atoms with van der Waals surface area (Å²) in [5.41, 5.74) is 1.26. The lowest BCUT2D eigenvalue weighted by molar-refractivity contribution is -0.939. The van der Waals surface area contributed by atoms with Crippen LogP contribution >= 0.6 is 0 Å². The van der Waals surface area contributed by atoms with Gasteiger partial charge in [0.2, 0.25) is 0 Å². The lowest BCUT2D eigenvalue weighted by Crippen LogP contribution is -3.00. The fourth-order valence-corrected chi connectivity index (χ4v) is 9.04. The summed E-state index contributed by atoms with van der Waals surface area (Å²) in [4.78, 5) is 77.4. The van der Waals surface area contributed by atoms with Crippen molar-refractivity contribution in [3.63, 3.8) is 0 Å². The molecule has 0 N–H and O–H groups in total. The predicted octanol–water partition coefficient (Wildman–Crippen LogP) is -0.317. The molecule has 0 amide bonds. The summed E-state index contributed by atoms with van der Waals surface area (Å²) in [6.07, 6.45) is 5.21. The maximum atomic E-state index is 13.9. The number of hydrogen-bond donors (Lipinski definition) is 0. The van der Waals surface area contributed by atoms with Crippen molar-refractivity contribution in [3.05, 3.63) is 145 Å². The third kappa shape index (κ3) is 12.8. The van der Waals surface area contributed by atoms with E-state index in [0.717, 1.165) is 19.4 Å². The smallest absolute Gasteiger partial charge is 0.331 e. The zero-order valence-electron chi connectivity index (χ0n) is 36.5. The third-order valence-corrected chi connectivity index (χ3v) is 12.8. The van der Waals surface area contributed by atoms with Crippen LogP contribution in [0.1, 0.15) is 87.7 Å². The molecule has 0 saturated heterocycles. The summed E-state index contributed by atoms with van der Waals surface area (Å²) in [6.45, 7) is 14.0. The van der Waals surface area contributed by atoms with Crippen molar-refractivity contribution in [1.29, 1.82) is 0 Å².